The third kappa shape index (κ3) is 2.37. The Bertz CT molecular complexity index is 416. The number of carbonyl (C=O) groups excluding carboxylic acids is 1. The van der Waals surface area contributed by atoms with Gasteiger partial charge in [-0.25, -0.2) is 0 Å². The summed E-state index contributed by atoms with van der Waals surface area (Å²) in [7, 11) is 1.66. The Morgan fingerprint density at radius 2 is 2.35 bits per heavy atom. The van der Waals surface area contributed by atoms with Crippen LogP contribution in [0.4, 0.5) is 5.69 Å². The van der Waals surface area contributed by atoms with E-state index in [1.807, 2.05) is 0 Å². The first-order valence-electron chi connectivity index (χ1n) is 5.49. The normalized spacial score (nSPS) is 19.6. The monoisotopic (exact) mass is 254 g/mol. The van der Waals surface area contributed by atoms with Gasteiger partial charge in [-0.05, 0) is 18.6 Å². The first kappa shape index (κ1) is 12.2. The minimum absolute atomic E-state index is 0.114. The number of rotatable bonds is 2. The molecule has 0 bridgehead atoms. The Kier molecular flexibility index (Phi) is 3.54. The lowest BCUT2D eigenvalue weighted by Gasteiger charge is -2.18. The summed E-state index contributed by atoms with van der Waals surface area (Å²) < 4.78 is 5.23. The molecule has 5 heteroatoms. The zero-order valence-electron chi connectivity index (χ0n) is 9.65. The van der Waals surface area contributed by atoms with Crippen molar-refractivity contribution in [3.8, 4) is 0 Å². The summed E-state index contributed by atoms with van der Waals surface area (Å²) >= 11 is 6.01. The summed E-state index contributed by atoms with van der Waals surface area (Å²) in [6.07, 6.45) is 0.967. The molecule has 1 aromatic carbocycles. The molecule has 1 unspecified atom stereocenters. The van der Waals surface area contributed by atoms with Crippen LogP contribution in [0.2, 0.25) is 5.02 Å². The Hall–Kier alpha value is -1.26. The first-order chi connectivity index (χ1) is 8.13. The van der Waals surface area contributed by atoms with Gasteiger partial charge in [0.25, 0.3) is 5.91 Å². The lowest BCUT2D eigenvalue weighted by atomic mass is 10.1. The highest BCUT2D eigenvalue weighted by Crippen LogP contribution is 2.25. The summed E-state index contributed by atoms with van der Waals surface area (Å²) in [6, 6.07) is 5.09. The van der Waals surface area contributed by atoms with Crippen molar-refractivity contribution >= 4 is 23.2 Å². The molecule has 1 fully saturated rings. The average molecular weight is 255 g/mol. The fraction of sp³-hybridized carbons (Fsp3) is 0.417. The Labute approximate surface area is 105 Å². The topological polar surface area (TPSA) is 55.6 Å². The van der Waals surface area contributed by atoms with Gasteiger partial charge < -0.3 is 15.4 Å². The Balaban J connectivity index is 2.21. The van der Waals surface area contributed by atoms with Gasteiger partial charge >= 0.3 is 0 Å². The maximum absolute atomic E-state index is 12.3. The molecule has 0 spiro atoms. The SMILES string of the molecule is COC1CCN(C(=O)c2c(N)cccc2Cl)C1. The number of likely N-dealkylation sites (tertiary alicyclic amines) is 1. The van der Waals surface area contributed by atoms with Crippen LogP contribution in [0.25, 0.3) is 0 Å². The molecule has 4 nitrogen and oxygen atoms in total. The second kappa shape index (κ2) is 4.94. The van der Waals surface area contributed by atoms with E-state index in [1.165, 1.54) is 0 Å². The van der Waals surface area contributed by atoms with E-state index in [2.05, 4.69) is 0 Å². The molecule has 1 aromatic rings. The van der Waals surface area contributed by atoms with Gasteiger partial charge in [0.1, 0.15) is 0 Å². The van der Waals surface area contributed by atoms with E-state index in [-0.39, 0.29) is 12.0 Å². The van der Waals surface area contributed by atoms with E-state index >= 15 is 0 Å². The molecule has 17 heavy (non-hydrogen) atoms. The highest BCUT2D eigenvalue weighted by molar-refractivity contribution is 6.34. The van der Waals surface area contributed by atoms with Crippen LogP contribution in [0.15, 0.2) is 18.2 Å². The number of benzene rings is 1. The number of halogens is 1. The molecule has 1 amide bonds. The lowest BCUT2D eigenvalue weighted by Crippen LogP contribution is -2.30. The van der Waals surface area contributed by atoms with E-state index in [4.69, 9.17) is 22.1 Å². The third-order valence-corrected chi connectivity index (χ3v) is 3.34. The van der Waals surface area contributed by atoms with Gasteiger partial charge in [-0.2, -0.15) is 0 Å². The van der Waals surface area contributed by atoms with Gasteiger partial charge in [0.05, 0.1) is 16.7 Å². The molecular weight excluding hydrogens is 240 g/mol. The van der Waals surface area contributed by atoms with Crippen molar-refractivity contribution in [3.05, 3.63) is 28.8 Å². The van der Waals surface area contributed by atoms with Crippen LogP contribution < -0.4 is 5.73 Å². The van der Waals surface area contributed by atoms with Gasteiger partial charge in [-0.15, -0.1) is 0 Å². The zero-order valence-corrected chi connectivity index (χ0v) is 10.4. The summed E-state index contributed by atoms with van der Waals surface area (Å²) in [5.41, 5.74) is 6.61. The quantitative estimate of drug-likeness (QED) is 0.819. The standard InChI is InChI=1S/C12H15ClN2O2/c1-17-8-5-6-15(7-8)12(16)11-9(13)3-2-4-10(11)14/h2-4,8H,5-7,14H2,1H3. The summed E-state index contributed by atoms with van der Waals surface area (Å²) in [5.74, 6) is -0.118. The minimum atomic E-state index is -0.118. The van der Waals surface area contributed by atoms with E-state index in [0.717, 1.165) is 6.42 Å². The van der Waals surface area contributed by atoms with Crippen LogP contribution in [-0.4, -0.2) is 37.1 Å². The van der Waals surface area contributed by atoms with Gasteiger partial charge in [0.15, 0.2) is 0 Å². The van der Waals surface area contributed by atoms with E-state index in [1.54, 1.807) is 30.2 Å². The predicted octanol–water partition coefficient (Wildman–Crippen LogP) is 1.78. The molecule has 0 aliphatic carbocycles. The lowest BCUT2D eigenvalue weighted by molar-refractivity contribution is 0.0725. The predicted molar refractivity (Wildman–Crippen MR) is 67.2 cm³/mol. The molecule has 1 aliphatic heterocycles. The molecule has 92 valence electrons. The first-order valence-corrected chi connectivity index (χ1v) is 5.87. The van der Waals surface area contributed by atoms with E-state index in [0.29, 0.717) is 29.4 Å². The molecule has 0 radical (unpaired) electrons. The molecule has 2 N–H and O–H groups in total. The molecular formula is C12H15ClN2O2. The molecule has 1 atom stereocenters. The highest BCUT2D eigenvalue weighted by atomic mass is 35.5. The maximum Gasteiger partial charge on any atom is 0.257 e. The van der Waals surface area contributed by atoms with Crippen LogP contribution in [-0.2, 0) is 4.74 Å². The van der Waals surface area contributed by atoms with Crippen LogP contribution in [0.5, 0.6) is 0 Å². The summed E-state index contributed by atoms with van der Waals surface area (Å²) in [6.45, 7) is 1.28. The highest BCUT2D eigenvalue weighted by Gasteiger charge is 2.28. The summed E-state index contributed by atoms with van der Waals surface area (Å²) in [5, 5.41) is 0.399. The molecule has 1 aliphatic rings. The number of nitrogens with two attached hydrogens (primary N) is 1. The Morgan fingerprint density at radius 3 is 2.94 bits per heavy atom. The van der Waals surface area contributed by atoms with Crippen molar-refractivity contribution < 1.29 is 9.53 Å². The number of nitrogens with zero attached hydrogens (tertiary/aromatic N) is 1. The van der Waals surface area contributed by atoms with Crippen LogP contribution in [0.3, 0.4) is 0 Å². The van der Waals surface area contributed by atoms with Gasteiger partial charge in [0, 0.05) is 25.9 Å². The van der Waals surface area contributed by atoms with Crippen LogP contribution >= 0.6 is 11.6 Å². The van der Waals surface area contributed by atoms with Gasteiger partial charge in [-0.3, -0.25) is 4.79 Å². The number of nitrogen functional groups attached to an aromatic ring is 1. The van der Waals surface area contributed by atoms with Crippen LogP contribution in [0, 0.1) is 0 Å². The van der Waals surface area contributed by atoms with Crippen molar-refractivity contribution in [3.63, 3.8) is 0 Å². The fourth-order valence-electron chi connectivity index (χ4n) is 2.03. The number of amides is 1. The molecule has 1 saturated heterocycles. The van der Waals surface area contributed by atoms with E-state index < -0.39 is 0 Å². The van der Waals surface area contributed by atoms with Crippen molar-refractivity contribution in [2.45, 2.75) is 12.5 Å². The second-order valence-electron chi connectivity index (χ2n) is 4.10. The number of hydrogen-bond acceptors (Lipinski definition) is 3. The van der Waals surface area contributed by atoms with Gasteiger partial charge in [0.2, 0.25) is 0 Å². The molecule has 0 aromatic heterocycles. The smallest absolute Gasteiger partial charge is 0.257 e. The van der Waals surface area contributed by atoms with Crippen molar-refractivity contribution in [1.82, 2.24) is 4.90 Å². The van der Waals surface area contributed by atoms with Crippen molar-refractivity contribution in [1.29, 1.82) is 0 Å². The number of ether oxygens (including phenoxy) is 1. The molecule has 1 heterocycles. The minimum Gasteiger partial charge on any atom is -0.398 e. The molecule has 2 rings (SSSR count). The van der Waals surface area contributed by atoms with Crippen molar-refractivity contribution in [2.24, 2.45) is 0 Å². The number of methoxy groups -OCH3 is 1. The zero-order chi connectivity index (χ0) is 12.4. The number of anilines is 1. The third-order valence-electron chi connectivity index (χ3n) is 3.03. The largest absolute Gasteiger partial charge is 0.398 e. The number of hydrogen-bond donors (Lipinski definition) is 1. The van der Waals surface area contributed by atoms with Gasteiger partial charge in [-0.1, -0.05) is 17.7 Å². The fourth-order valence-corrected chi connectivity index (χ4v) is 2.29. The summed E-state index contributed by atoms with van der Waals surface area (Å²) in [4.78, 5) is 14.0. The maximum atomic E-state index is 12.3. The Morgan fingerprint density at radius 1 is 1.59 bits per heavy atom. The number of carbonyl (C=O) groups is 1. The van der Waals surface area contributed by atoms with E-state index in [9.17, 15) is 4.79 Å². The van der Waals surface area contributed by atoms with Crippen molar-refractivity contribution in [2.75, 3.05) is 25.9 Å². The second-order valence-corrected chi connectivity index (χ2v) is 4.51. The average Bonchev–Trinajstić information content (AvgIpc) is 2.77. The molecule has 0 saturated carbocycles. The van der Waals surface area contributed by atoms with Crippen LogP contribution in [0.1, 0.15) is 16.8 Å².